The van der Waals surface area contributed by atoms with Gasteiger partial charge in [0.15, 0.2) is 0 Å². The number of nitrogens with two attached hydrogens (primary N) is 1. The van der Waals surface area contributed by atoms with Gasteiger partial charge in [-0.15, -0.1) is 0 Å². The lowest BCUT2D eigenvalue weighted by Crippen LogP contribution is -2.26. The van der Waals surface area contributed by atoms with E-state index in [1.54, 1.807) is 13.8 Å². The lowest BCUT2D eigenvalue weighted by atomic mass is 10.1. The first-order valence-corrected chi connectivity index (χ1v) is 5.31. The summed E-state index contributed by atoms with van der Waals surface area (Å²) >= 11 is 0. The quantitative estimate of drug-likeness (QED) is 0.808. The van der Waals surface area contributed by atoms with Crippen LogP contribution in [0.15, 0.2) is 18.2 Å². The first kappa shape index (κ1) is 11.0. The van der Waals surface area contributed by atoms with Crippen molar-refractivity contribution in [3.8, 4) is 0 Å². The minimum absolute atomic E-state index is 0.443. The van der Waals surface area contributed by atoms with Gasteiger partial charge in [-0.2, -0.15) is 0 Å². The molecular formula is C12H17N3O. The van der Waals surface area contributed by atoms with Gasteiger partial charge in [0.2, 0.25) is 5.95 Å². The highest BCUT2D eigenvalue weighted by Gasteiger charge is 2.17. The van der Waals surface area contributed by atoms with Crippen LogP contribution < -0.4 is 5.73 Å². The fourth-order valence-corrected chi connectivity index (χ4v) is 1.80. The van der Waals surface area contributed by atoms with Gasteiger partial charge in [-0.1, -0.05) is 6.07 Å². The second-order valence-electron chi connectivity index (χ2n) is 4.86. The van der Waals surface area contributed by atoms with Crippen LogP contribution in [0.25, 0.3) is 11.0 Å². The maximum Gasteiger partial charge on any atom is 0.201 e. The second-order valence-corrected chi connectivity index (χ2v) is 4.86. The Balaban J connectivity index is 2.58. The van der Waals surface area contributed by atoms with Crippen molar-refractivity contribution in [1.82, 2.24) is 9.55 Å². The Hall–Kier alpha value is -1.55. The van der Waals surface area contributed by atoms with Crippen LogP contribution in [0, 0.1) is 6.92 Å². The van der Waals surface area contributed by atoms with Gasteiger partial charge < -0.3 is 15.4 Å². The number of aromatic nitrogens is 2. The number of hydrogen-bond donors (Lipinski definition) is 2. The molecule has 0 aliphatic heterocycles. The van der Waals surface area contributed by atoms with E-state index < -0.39 is 5.60 Å². The van der Waals surface area contributed by atoms with Gasteiger partial charge in [0.1, 0.15) is 0 Å². The van der Waals surface area contributed by atoms with Crippen molar-refractivity contribution in [2.75, 3.05) is 5.73 Å². The average Bonchev–Trinajstić information content (AvgIpc) is 2.42. The number of rotatable bonds is 2. The summed E-state index contributed by atoms with van der Waals surface area (Å²) in [6.45, 7) is 5.98. The van der Waals surface area contributed by atoms with E-state index in [0.29, 0.717) is 12.5 Å². The molecule has 0 bridgehead atoms. The van der Waals surface area contributed by atoms with E-state index in [0.717, 1.165) is 16.6 Å². The van der Waals surface area contributed by atoms with Crippen molar-refractivity contribution in [2.45, 2.75) is 32.9 Å². The van der Waals surface area contributed by atoms with Gasteiger partial charge in [-0.25, -0.2) is 4.98 Å². The van der Waals surface area contributed by atoms with Crippen molar-refractivity contribution in [3.63, 3.8) is 0 Å². The third-order valence-electron chi connectivity index (χ3n) is 2.48. The summed E-state index contributed by atoms with van der Waals surface area (Å²) in [4.78, 5) is 4.27. The van der Waals surface area contributed by atoms with Crippen molar-refractivity contribution >= 4 is 17.0 Å². The van der Waals surface area contributed by atoms with Crippen LogP contribution >= 0.6 is 0 Å². The van der Waals surface area contributed by atoms with Crippen LogP contribution in [-0.2, 0) is 6.54 Å². The number of hydrogen-bond acceptors (Lipinski definition) is 3. The molecule has 3 N–H and O–H groups in total. The Kier molecular flexibility index (Phi) is 2.39. The Bertz CT molecular complexity index is 523. The maximum atomic E-state index is 9.84. The minimum atomic E-state index is -0.800. The number of imidazole rings is 1. The fraction of sp³-hybridized carbons (Fsp3) is 0.417. The third kappa shape index (κ3) is 2.02. The topological polar surface area (TPSA) is 64.1 Å². The highest BCUT2D eigenvalue weighted by Crippen LogP contribution is 2.21. The normalized spacial score (nSPS) is 12.2. The smallest absolute Gasteiger partial charge is 0.201 e. The molecule has 0 radical (unpaired) electrons. The van der Waals surface area contributed by atoms with E-state index in [9.17, 15) is 5.11 Å². The molecule has 86 valence electrons. The number of nitrogens with zero attached hydrogens (tertiary/aromatic N) is 2. The molecule has 1 aromatic carbocycles. The van der Waals surface area contributed by atoms with Gasteiger partial charge in [-0.3, -0.25) is 0 Å². The molecule has 0 atom stereocenters. The summed E-state index contributed by atoms with van der Waals surface area (Å²) in [7, 11) is 0. The number of aryl methyl sites for hydroxylation is 1. The zero-order chi connectivity index (χ0) is 11.9. The molecular weight excluding hydrogens is 202 g/mol. The number of aliphatic hydroxyl groups is 1. The van der Waals surface area contributed by atoms with E-state index in [-0.39, 0.29) is 0 Å². The predicted octanol–water partition coefficient (Wildman–Crippen LogP) is 1.70. The highest BCUT2D eigenvalue weighted by atomic mass is 16.3. The molecule has 4 heteroatoms. The summed E-state index contributed by atoms with van der Waals surface area (Å²) in [6.07, 6.45) is 0. The van der Waals surface area contributed by atoms with Gasteiger partial charge in [0.05, 0.1) is 23.2 Å². The van der Waals surface area contributed by atoms with Crippen LogP contribution in [0.2, 0.25) is 0 Å². The molecule has 2 rings (SSSR count). The largest absolute Gasteiger partial charge is 0.389 e. The molecule has 0 aliphatic carbocycles. The van der Waals surface area contributed by atoms with Crippen LogP contribution in [0.1, 0.15) is 19.4 Å². The molecule has 1 heterocycles. The summed E-state index contributed by atoms with van der Waals surface area (Å²) in [5.41, 5.74) is 8.05. The van der Waals surface area contributed by atoms with Crippen LogP contribution in [-0.4, -0.2) is 20.3 Å². The van der Waals surface area contributed by atoms with E-state index in [1.165, 1.54) is 0 Å². The number of nitrogen functional groups attached to an aromatic ring is 1. The zero-order valence-electron chi connectivity index (χ0n) is 9.86. The molecule has 2 aromatic rings. The molecule has 1 aromatic heterocycles. The van der Waals surface area contributed by atoms with Gasteiger partial charge in [0, 0.05) is 0 Å². The summed E-state index contributed by atoms with van der Waals surface area (Å²) in [6, 6.07) is 5.98. The fourth-order valence-electron chi connectivity index (χ4n) is 1.80. The molecule has 16 heavy (non-hydrogen) atoms. The lowest BCUT2D eigenvalue weighted by molar-refractivity contribution is 0.0633. The molecule has 0 fully saturated rings. The standard InChI is InChI=1S/C12H17N3O/c1-8-4-5-9-10(6-8)15(11(13)14-9)7-12(2,3)16/h4-6,16H,7H2,1-3H3,(H2,13,14). The lowest BCUT2D eigenvalue weighted by Gasteiger charge is -2.19. The van der Waals surface area contributed by atoms with Crippen molar-refractivity contribution in [3.05, 3.63) is 23.8 Å². The van der Waals surface area contributed by atoms with Crippen molar-refractivity contribution < 1.29 is 5.11 Å². The maximum absolute atomic E-state index is 9.84. The second kappa shape index (κ2) is 3.49. The van der Waals surface area contributed by atoms with Gasteiger partial charge >= 0.3 is 0 Å². The zero-order valence-corrected chi connectivity index (χ0v) is 9.86. The molecule has 0 unspecified atom stereocenters. The van der Waals surface area contributed by atoms with E-state index in [1.807, 2.05) is 29.7 Å². The Labute approximate surface area is 94.7 Å². The molecule has 0 spiro atoms. The summed E-state index contributed by atoms with van der Waals surface area (Å²) in [5, 5.41) is 9.84. The van der Waals surface area contributed by atoms with Crippen LogP contribution in [0.4, 0.5) is 5.95 Å². The van der Waals surface area contributed by atoms with E-state index in [4.69, 9.17) is 5.73 Å². The molecule has 0 aliphatic rings. The first-order chi connectivity index (χ1) is 7.37. The minimum Gasteiger partial charge on any atom is -0.389 e. The third-order valence-corrected chi connectivity index (χ3v) is 2.48. The number of benzene rings is 1. The molecule has 4 nitrogen and oxygen atoms in total. The molecule has 0 amide bonds. The molecule has 0 saturated carbocycles. The Morgan fingerprint density at radius 2 is 2.12 bits per heavy atom. The Morgan fingerprint density at radius 1 is 1.44 bits per heavy atom. The number of anilines is 1. The highest BCUT2D eigenvalue weighted by molar-refractivity contribution is 5.79. The van der Waals surface area contributed by atoms with Gasteiger partial charge in [-0.05, 0) is 38.5 Å². The van der Waals surface area contributed by atoms with E-state index in [2.05, 4.69) is 4.98 Å². The predicted molar refractivity (Wildman–Crippen MR) is 65.2 cm³/mol. The number of fused-ring (bicyclic) bond motifs is 1. The van der Waals surface area contributed by atoms with Crippen molar-refractivity contribution in [2.24, 2.45) is 0 Å². The van der Waals surface area contributed by atoms with Gasteiger partial charge in [0.25, 0.3) is 0 Å². The first-order valence-electron chi connectivity index (χ1n) is 5.31. The van der Waals surface area contributed by atoms with E-state index >= 15 is 0 Å². The summed E-state index contributed by atoms with van der Waals surface area (Å²) in [5.74, 6) is 0.447. The van der Waals surface area contributed by atoms with Crippen LogP contribution in [0.3, 0.4) is 0 Å². The Morgan fingerprint density at radius 3 is 2.75 bits per heavy atom. The SMILES string of the molecule is Cc1ccc2nc(N)n(CC(C)(C)O)c2c1. The van der Waals surface area contributed by atoms with Crippen LogP contribution in [0.5, 0.6) is 0 Å². The van der Waals surface area contributed by atoms with Crippen molar-refractivity contribution in [1.29, 1.82) is 0 Å². The monoisotopic (exact) mass is 219 g/mol. The molecule has 0 saturated heterocycles. The summed E-state index contributed by atoms with van der Waals surface area (Å²) < 4.78 is 1.85. The average molecular weight is 219 g/mol.